The lowest BCUT2D eigenvalue weighted by molar-refractivity contribution is -0.141. The van der Waals surface area contributed by atoms with E-state index in [4.69, 9.17) is 11.5 Å². The number of imide groups is 1. The minimum absolute atomic E-state index is 0.000993. The van der Waals surface area contributed by atoms with Gasteiger partial charge in [-0.15, -0.1) is 6.42 Å². The number of carbonyl (C=O) groups excluding carboxylic acids is 3. The van der Waals surface area contributed by atoms with Gasteiger partial charge in [-0.25, -0.2) is 0 Å². The lowest BCUT2D eigenvalue weighted by atomic mass is 9.85. The van der Waals surface area contributed by atoms with Crippen LogP contribution in [0.25, 0.3) is 0 Å². The highest BCUT2D eigenvalue weighted by Gasteiger charge is 2.58. The summed E-state index contributed by atoms with van der Waals surface area (Å²) in [7, 11) is 0. The molecule has 0 aromatic rings. The van der Waals surface area contributed by atoms with Crippen molar-refractivity contribution in [3.8, 4) is 12.3 Å². The maximum atomic E-state index is 12.6. The molecule has 1 aliphatic heterocycles. The van der Waals surface area contributed by atoms with Crippen LogP contribution >= 0.6 is 0 Å². The summed E-state index contributed by atoms with van der Waals surface area (Å²) in [5.74, 6) is 1.42. The van der Waals surface area contributed by atoms with Gasteiger partial charge in [0.2, 0.25) is 17.7 Å². The van der Waals surface area contributed by atoms with E-state index in [0.29, 0.717) is 13.1 Å². The van der Waals surface area contributed by atoms with E-state index in [1.165, 1.54) is 9.80 Å². The molecule has 3 rings (SSSR count). The normalized spacial score (nSPS) is 26.7. The van der Waals surface area contributed by atoms with Gasteiger partial charge in [0.05, 0.1) is 24.8 Å². The summed E-state index contributed by atoms with van der Waals surface area (Å²) in [4.78, 5) is 50.9. The van der Waals surface area contributed by atoms with Crippen LogP contribution in [0.2, 0.25) is 0 Å². The number of carboxylic acid groups (broad SMARTS) is 1. The Morgan fingerprint density at radius 3 is 2.28 bits per heavy atom. The number of terminal acetylenes is 1. The molecular weight excluding hydrogens is 372 g/mol. The molecule has 4 atom stereocenters. The fourth-order valence-corrected chi connectivity index (χ4v) is 4.88. The van der Waals surface area contributed by atoms with E-state index in [0.717, 1.165) is 32.1 Å². The van der Waals surface area contributed by atoms with Crippen molar-refractivity contribution in [3.63, 3.8) is 0 Å². The molecule has 0 unspecified atom stereocenters. The van der Waals surface area contributed by atoms with Crippen molar-refractivity contribution in [1.29, 1.82) is 0 Å². The van der Waals surface area contributed by atoms with Crippen molar-refractivity contribution in [1.82, 2.24) is 9.80 Å². The number of unbranched alkanes of at least 4 members (excludes halogenated alkanes) is 3. The lowest BCUT2D eigenvalue weighted by Gasteiger charge is -2.20. The van der Waals surface area contributed by atoms with Gasteiger partial charge in [-0.05, 0) is 31.1 Å². The highest BCUT2D eigenvalue weighted by Crippen LogP contribution is 2.52. The van der Waals surface area contributed by atoms with E-state index in [1.54, 1.807) is 0 Å². The molecule has 7 heteroatoms. The first-order chi connectivity index (χ1) is 13.9. The van der Waals surface area contributed by atoms with Crippen LogP contribution in [-0.4, -0.2) is 58.2 Å². The molecule has 0 aromatic heterocycles. The molecule has 3 amide bonds. The monoisotopic (exact) mass is 400 g/mol. The Balaban J connectivity index is 1.35. The third-order valence-electron chi connectivity index (χ3n) is 6.31. The number of carboxylic acids is 1. The van der Waals surface area contributed by atoms with Crippen molar-refractivity contribution in [2.24, 2.45) is 23.7 Å². The fraction of sp³-hybridized carbons (Fsp3) is 0.636. The Morgan fingerprint density at radius 1 is 1.07 bits per heavy atom. The van der Waals surface area contributed by atoms with Crippen molar-refractivity contribution < 1.29 is 24.3 Å². The second-order valence-corrected chi connectivity index (χ2v) is 8.16. The Bertz CT molecular complexity index is 723. The summed E-state index contributed by atoms with van der Waals surface area (Å²) in [5.41, 5.74) is 0. The van der Waals surface area contributed by atoms with E-state index >= 15 is 0 Å². The van der Waals surface area contributed by atoms with E-state index < -0.39 is 5.97 Å². The highest BCUT2D eigenvalue weighted by atomic mass is 16.4. The van der Waals surface area contributed by atoms with Crippen LogP contribution in [0.4, 0.5) is 0 Å². The second kappa shape index (κ2) is 9.25. The molecule has 0 spiro atoms. The number of hydrogen-bond donors (Lipinski definition) is 1. The van der Waals surface area contributed by atoms with Crippen LogP contribution in [0, 0.1) is 36.0 Å². The number of fused-ring (bicyclic) bond motifs is 5. The van der Waals surface area contributed by atoms with Gasteiger partial charge >= 0.3 is 5.97 Å². The fourth-order valence-electron chi connectivity index (χ4n) is 4.88. The third-order valence-corrected chi connectivity index (χ3v) is 6.31. The molecule has 2 aliphatic carbocycles. The summed E-state index contributed by atoms with van der Waals surface area (Å²) in [6.07, 6.45) is 13.4. The summed E-state index contributed by atoms with van der Waals surface area (Å²) in [5, 5.41) is 8.69. The minimum atomic E-state index is -1.00. The lowest BCUT2D eigenvalue weighted by Crippen LogP contribution is -2.34. The number of carbonyl (C=O) groups is 4. The van der Waals surface area contributed by atoms with Gasteiger partial charge < -0.3 is 10.0 Å². The third kappa shape index (κ3) is 4.52. The second-order valence-electron chi connectivity index (χ2n) is 8.16. The van der Waals surface area contributed by atoms with Crippen molar-refractivity contribution in [3.05, 3.63) is 12.2 Å². The summed E-state index contributed by atoms with van der Waals surface area (Å²) in [6.45, 7) is 1.13. The molecule has 1 N–H and O–H groups in total. The molecule has 7 nitrogen and oxygen atoms in total. The average molecular weight is 400 g/mol. The van der Waals surface area contributed by atoms with Crippen LogP contribution in [0.15, 0.2) is 12.2 Å². The van der Waals surface area contributed by atoms with E-state index in [9.17, 15) is 19.2 Å². The number of nitrogens with zero attached hydrogens (tertiary/aromatic N) is 2. The zero-order valence-electron chi connectivity index (χ0n) is 16.6. The zero-order valence-corrected chi connectivity index (χ0v) is 16.6. The van der Waals surface area contributed by atoms with Gasteiger partial charge in [0.15, 0.2) is 0 Å². The van der Waals surface area contributed by atoms with Crippen molar-refractivity contribution in [2.75, 3.05) is 19.6 Å². The Hall–Kier alpha value is -2.62. The molecule has 3 aliphatic rings. The molecule has 156 valence electrons. The standard InChI is InChI=1S/C22H28N2O5/c1-2-11-23(17(25)9-10-18(26)27)12-5-3-4-6-13-24-21(28)19-15-7-8-16(14-15)20(19)22(24)29/h1,7-8,15-16,19-20H,3-6,9-14H2,(H,26,27)/t15-,16+,19+,20-. The predicted molar refractivity (Wildman–Crippen MR) is 105 cm³/mol. The van der Waals surface area contributed by atoms with Crippen LogP contribution in [0.5, 0.6) is 0 Å². The average Bonchev–Trinajstić information content (AvgIpc) is 3.37. The molecule has 29 heavy (non-hydrogen) atoms. The molecule has 0 radical (unpaired) electrons. The van der Waals surface area contributed by atoms with Crippen LogP contribution < -0.4 is 0 Å². The Morgan fingerprint density at radius 2 is 1.69 bits per heavy atom. The SMILES string of the molecule is C#CCN(CCCCCCN1C(=O)[C@@H]2[C@H](C1=O)[C@H]1C=C[C@@H]2C1)C(=O)CCC(=O)O. The smallest absolute Gasteiger partial charge is 0.303 e. The number of aliphatic carboxylic acids is 1. The minimum Gasteiger partial charge on any atom is -0.481 e. The summed E-state index contributed by atoms with van der Waals surface area (Å²) >= 11 is 0. The maximum Gasteiger partial charge on any atom is 0.303 e. The maximum absolute atomic E-state index is 12.6. The van der Waals surface area contributed by atoms with Gasteiger partial charge in [0.25, 0.3) is 0 Å². The Kier molecular flexibility index (Phi) is 6.73. The molecule has 1 saturated heterocycles. The predicted octanol–water partition coefficient (Wildman–Crippen LogP) is 1.68. The van der Waals surface area contributed by atoms with Crippen LogP contribution in [0.3, 0.4) is 0 Å². The zero-order chi connectivity index (χ0) is 21.0. The summed E-state index contributed by atoms with van der Waals surface area (Å²) in [6, 6.07) is 0. The number of allylic oxidation sites excluding steroid dienone is 2. The highest BCUT2D eigenvalue weighted by molar-refractivity contribution is 6.06. The quantitative estimate of drug-likeness (QED) is 0.246. The first-order valence-corrected chi connectivity index (χ1v) is 10.4. The van der Waals surface area contributed by atoms with Crippen molar-refractivity contribution >= 4 is 23.7 Å². The van der Waals surface area contributed by atoms with Gasteiger partial charge in [-0.2, -0.15) is 0 Å². The van der Waals surface area contributed by atoms with Gasteiger partial charge in [0, 0.05) is 19.5 Å². The van der Waals surface area contributed by atoms with Gasteiger partial charge in [-0.1, -0.05) is 30.9 Å². The number of rotatable bonds is 11. The molecule has 0 aromatic carbocycles. The number of hydrogen-bond acceptors (Lipinski definition) is 4. The first kappa shape index (κ1) is 21.1. The van der Waals surface area contributed by atoms with Crippen LogP contribution in [-0.2, 0) is 19.2 Å². The van der Waals surface area contributed by atoms with E-state index in [2.05, 4.69) is 18.1 Å². The summed E-state index contributed by atoms with van der Waals surface area (Å²) < 4.78 is 0. The van der Waals surface area contributed by atoms with Crippen LogP contribution in [0.1, 0.15) is 44.9 Å². The number of amides is 3. The molecule has 1 heterocycles. The Labute approximate surface area is 171 Å². The van der Waals surface area contributed by atoms with Gasteiger partial charge in [0.1, 0.15) is 0 Å². The molecule has 2 bridgehead atoms. The van der Waals surface area contributed by atoms with Crippen molar-refractivity contribution in [2.45, 2.75) is 44.9 Å². The van der Waals surface area contributed by atoms with E-state index in [-0.39, 0.29) is 60.8 Å². The largest absolute Gasteiger partial charge is 0.481 e. The first-order valence-electron chi connectivity index (χ1n) is 10.4. The topological polar surface area (TPSA) is 95.0 Å². The number of likely N-dealkylation sites (tertiary alicyclic amines) is 1. The molecule has 2 fully saturated rings. The van der Waals surface area contributed by atoms with Gasteiger partial charge in [-0.3, -0.25) is 24.1 Å². The molecular formula is C22H28N2O5. The molecule has 1 saturated carbocycles. The van der Waals surface area contributed by atoms with E-state index in [1.807, 2.05) is 0 Å².